The summed E-state index contributed by atoms with van der Waals surface area (Å²) in [6.07, 6.45) is 79.3. The molecule has 0 aromatic carbocycles. The van der Waals surface area contributed by atoms with Gasteiger partial charge in [0.1, 0.15) is 19.3 Å². The van der Waals surface area contributed by atoms with Crippen LogP contribution in [0.25, 0.3) is 0 Å². The van der Waals surface area contributed by atoms with Gasteiger partial charge < -0.3 is 33.8 Å². The maximum absolute atomic E-state index is 13.2. The van der Waals surface area contributed by atoms with E-state index in [1.54, 1.807) is 0 Å². The Hall–Kier alpha value is -1.94. The molecule has 0 aromatic heterocycles. The highest BCUT2D eigenvalue weighted by Crippen LogP contribution is 2.45. The Morgan fingerprint density at radius 1 is 0.245 bits per heavy atom. The quantitative estimate of drug-likeness (QED) is 0.0222. The van der Waals surface area contributed by atoms with Crippen LogP contribution in [0.4, 0.5) is 0 Å². The number of esters is 4. The number of aliphatic hydroxyl groups is 1. The zero-order chi connectivity index (χ0) is 80.4. The van der Waals surface area contributed by atoms with E-state index in [4.69, 9.17) is 37.0 Å². The highest BCUT2D eigenvalue weighted by atomic mass is 31.2. The number of rotatable bonds is 91. The largest absolute Gasteiger partial charge is 0.472 e. The Kier molecular flexibility index (Phi) is 82.1. The Bertz CT molecular complexity index is 2080. The van der Waals surface area contributed by atoms with E-state index in [-0.39, 0.29) is 25.7 Å². The molecule has 654 valence electrons. The minimum Gasteiger partial charge on any atom is -0.462 e. The third-order valence-corrected chi connectivity index (χ3v) is 23.4. The summed E-state index contributed by atoms with van der Waals surface area (Å²) in [4.78, 5) is 73.4. The molecule has 0 bridgehead atoms. The Morgan fingerprint density at radius 3 is 0.618 bits per heavy atom. The topological polar surface area (TPSA) is 237 Å². The fraction of sp³-hybridized carbons (Fsp3) is 0.956. The van der Waals surface area contributed by atoms with Crippen molar-refractivity contribution < 1.29 is 80.2 Å². The highest BCUT2D eigenvalue weighted by molar-refractivity contribution is 7.47. The van der Waals surface area contributed by atoms with Gasteiger partial charge in [-0.25, -0.2) is 9.13 Å². The molecule has 2 unspecified atom stereocenters. The smallest absolute Gasteiger partial charge is 0.462 e. The monoisotopic (exact) mass is 1610 g/mol. The molecule has 0 saturated heterocycles. The first kappa shape index (κ1) is 108. The van der Waals surface area contributed by atoms with Crippen LogP contribution in [0.2, 0.25) is 0 Å². The lowest BCUT2D eigenvalue weighted by Crippen LogP contribution is -2.30. The summed E-state index contributed by atoms with van der Waals surface area (Å²) in [7, 11) is -9.93. The number of hydrogen-bond acceptors (Lipinski definition) is 15. The van der Waals surface area contributed by atoms with Crippen molar-refractivity contribution in [3.63, 3.8) is 0 Å². The van der Waals surface area contributed by atoms with Crippen LogP contribution >= 0.6 is 15.6 Å². The van der Waals surface area contributed by atoms with E-state index >= 15 is 0 Å². The number of aliphatic hydroxyl groups excluding tert-OH is 1. The number of unbranched alkanes of at least 4 members (excludes halogenated alkanes) is 63. The fourth-order valence-corrected chi connectivity index (χ4v) is 15.9. The second kappa shape index (κ2) is 83.5. The van der Waals surface area contributed by atoms with Gasteiger partial charge in [-0.2, -0.15) is 0 Å². The van der Waals surface area contributed by atoms with E-state index in [1.165, 1.54) is 321 Å². The van der Waals surface area contributed by atoms with Crippen molar-refractivity contribution in [2.75, 3.05) is 39.6 Å². The third-order valence-electron chi connectivity index (χ3n) is 21.5. The normalized spacial score (nSPS) is 13.7. The minimum atomic E-state index is -4.97. The van der Waals surface area contributed by atoms with Gasteiger partial charge in [0, 0.05) is 25.7 Å². The molecule has 17 nitrogen and oxygen atoms in total. The summed E-state index contributed by atoms with van der Waals surface area (Å²) in [5.74, 6) is -1.35. The average molecular weight is 1610 g/mol. The van der Waals surface area contributed by atoms with Crippen LogP contribution in [0.15, 0.2) is 0 Å². The second-order valence-corrected chi connectivity index (χ2v) is 36.1. The van der Waals surface area contributed by atoms with Crippen molar-refractivity contribution in [1.29, 1.82) is 0 Å². The number of ether oxygens (including phenoxy) is 4. The van der Waals surface area contributed by atoms with Gasteiger partial charge in [-0.05, 0) is 31.6 Å². The maximum Gasteiger partial charge on any atom is 0.472 e. The molecule has 0 saturated carbocycles. The van der Waals surface area contributed by atoms with Gasteiger partial charge in [0.25, 0.3) is 0 Å². The second-order valence-electron chi connectivity index (χ2n) is 33.2. The van der Waals surface area contributed by atoms with Gasteiger partial charge in [-0.3, -0.25) is 37.3 Å². The molecule has 0 radical (unpaired) electrons. The number of carbonyl (C=O) groups is 4. The molecule has 0 spiro atoms. The first-order valence-corrected chi connectivity index (χ1v) is 50.1. The Morgan fingerprint density at radius 2 is 0.418 bits per heavy atom. The van der Waals surface area contributed by atoms with E-state index in [1.807, 2.05) is 0 Å². The molecule has 19 heteroatoms. The van der Waals surface area contributed by atoms with Crippen LogP contribution in [-0.2, 0) is 65.4 Å². The van der Waals surface area contributed by atoms with E-state index in [0.717, 1.165) is 95.8 Å². The van der Waals surface area contributed by atoms with Gasteiger partial charge in [0.15, 0.2) is 12.2 Å². The molecule has 0 rings (SSSR count). The van der Waals surface area contributed by atoms with Gasteiger partial charge in [-0.15, -0.1) is 0 Å². The zero-order valence-electron chi connectivity index (χ0n) is 72.4. The highest BCUT2D eigenvalue weighted by Gasteiger charge is 2.31. The van der Waals surface area contributed by atoms with Crippen molar-refractivity contribution in [2.45, 2.75) is 515 Å². The van der Waals surface area contributed by atoms with E-state index in [2.05, 4.69) is 34.6 Å². The van der Waals surface area contributed by atoms with Crippen LogP contribution in [-0.4, -0.2) is 96.7 Å². The lowest BCUT2D eigenvalue weighted by Gasteiger charge is -2.21. The Balaban J connectivity index is 5.24. The molecule has 0 heterocycles. The van der Waals surface area contributed by atoms with Gasteiger partial charge in [0.05, 0.1) is 26.4 Å². The molecule has 0 aliphatic rings. The fourth-order valence-electron chi connectivity index (χ4n) is 14.4. The van der Waals surface area contributed by atoms with Crippen molar-refractivity contribution in [2.24, 2.45) is 5.92 Å². The summed E-state index contributed by atoms with van der Waals surface area (Å²) < 4.78 is 69.1. The molecule has 0 aromatic rings. The number of phosphoric ester groups is 2. The van der Waals surface area contributed by atoms with Crippen LogP contribution in [0.1, 0.15) is 497 Å². The summed E-state index contributed by atoms with van der Waals surface area (Å²) in [5.41, 5.74) is 0. The number of carbonyl (C=O) groups excluding carboxylic acids is 4. The van der Waals surface area contributed by atoms with Crippen molar-refractivity contribution in [3.05, 3.63) is 0 Å². The minimum absolute atomic E-state index is 0.109. The number of phosphoric acid groups is 2. The molecular formula is C91H178O17P2. The van der Waals surface area contributed by atoms with Gasteiger partial charge in [0.2, 0.25) is 0 Å². The average Bonchev–Trinajstić information content (AvgIpc) is 0.897. The van der Waals surface area contributed by atoms with Crippen molar-refractivity contribution in [3.8, 4) is 0 Å². The van der Waals surface area contributed by atoms with Crippen LogP contribution in [0.3, 0.4) is 0 Å². The Labute approximate surface area is 677 Å². The van der Waals surface area contributed by atoms with Crippen LogP contribution < -0.4 is 0 Å². The predicted molar refractivity (Wildman–Crippen MR) is 455 cm³/mol. The molecule has 5 atom stereocenters. The molecular weight excluding hydrogens is 1430 g/mol. The number of hydrogen-bond donors (Lipinski definition) is 3. The first-order chi connectivity index (χ1) is 53.5. The molecule has 0 aliphatic heterocycles. The lowest BCUT2D eigenvalue weighted by molar-refractivity contribution is -0.161. The summed E-state index contributed by atoms with van der Waals surface area (Å²) in [6, 6.07) is 0. The maximum atomic E-state index is 13.2. The van der Waals surface area contributed by atoms with E-state index < -0.39 is 97.5 Å². The zero-order valence-corrected chi connectivity index (χ0v) is 74.2. The van der Waals surface area contributed by atoms with Crippen molar-refractivity contribution >= 4 is 39.5 Å². The summed E-state index contributed by atoms with van der Waals surface area (Å²) in [6.45, 7) is 7.38. The van der Waals surface area contributed by atoms with Crippen LogP contribution in [0, 0.1) is 5.92 Å². The van der Waals surface area contributed by atoms with Gasteiger partial charge >= 0.3 is 39.5 Å². The molecule has 0 amide bonds. The van der Waals surface area contributed by atoms with Crippen LogP contribution in [0.5, 0.6) is 0 Å². The molecule has 0 fully saturated rings. The third kappa shape index (κ3) is 84.0. The molecule has 3 N–H and O–H groups in total. The summed E-state index contributed by atoms with van der Waals surface area (Å²) >= 11 is 0. The van der Waals surface area contributed by atoms with Crippen molar-refractivity contribution in [1.82, 2.24) is 0 Å². The summed E-state index contributed by atoms with van der Waals surface area (Å²) in [5, 5.41) is 10.7. The SMILES string of the molecule is CCCCCCCCCCCCCCCCCCCCCCCC(=O)OC[C@H](COP(=O)(O)OC[C@@H](O)COP(=O)(O)OC[C@@H](COC(=O)CCCCCCCCCCCC(C)C)OC(=O)CCCCCCCCCCCCCCCCCC)OC(=O)CCCCCCCCCCCCCCCCCCCCCCC. The van der Waals surface area contributed by atoms with Gasteiger partial charge in [-0.1, -0.05) is 446 Å². The van der Waals surface area contributed by atoms with E-state index in [0.29, 0.717) is 25.7 Å². The molecule has 110 heavy (non-hydrogen) atoms. The van der Waals surface area contributed by atoms with E-state index in [9.17, 15) is 43.2 Å². The first-order valence-electron chi connectivity index (χ1n) is 47.1. The lowest BCUT2D eigenvalue weighted by atomic mass is 10.0. The predicted octanol–water partition coefficient (Wildman–Crippen LogP) is 28.3. The standard InChI is InChI=1S/C91H178O17P2/c1-6-9-12-15-18-21-24-27-30-33-35-37-39-41-44-46-49-54-59-64-69-74-88(93)101-80-86(107-90(95)77-72-67-62-56-51-48-45-42-40-38-36-34-31-28-25-22-19-16-13-10-7-2)82-105-109(97,98)103-78-85(92)79-104-110(99,100)106-83-87(81-102-89(94)75-70-65-60-57-52-53-58-63-68-73-84(4)5)108-91(96)76-71-66-61-55-50-47-43-32-29-26-23-20-17-14-11-8-3/h84-87,92H,6-83H2,1-5H3,(H,97,98)(H,99,100)/t85-,86-,87-/m1/s1. The molecule has 0 aliphatic carbocycles.